The summed E-state index contributed by atoms with van der Waals surface area (Å²) in [7, 11) is 1.55. The summed E-state index contributed by atoms with van der Waals surface area (Å²) in [6.45, 7) is 3.08. The van der Waals surface area contributed by atoms with Crippen LogP contribution >= 0.6 is 0 Å². The number of halogens is 1. The Labute approximate surface area is 148 Å². The normalized spacial score (nSPS) is 18.2. The third-order valence-electron chi connectivity index (χ3n) is 4.74. The predicted molar refractivity (Wildman–Crippen MR) is 96.2 cm³/mol. The molecular formula is C20H25FN2O2. The summed E-state index contributed by atoms with van der Waals surface area (Å²) < 4.78 is 19.0. The van der Waals surface area contributed by atoms with Gasteiger partial charge in [-0.05, 0) is 31.5 Å². The van der Waals surface area contributed by atoms with Crippen LogP contribution in [0.4, 0.5) is 4.39 Å². The Morgan fingerprint density at radius 1 is 1.20 bits per heavy atom. The first-order valence-corrected chi connectivity index (χ1v) is 8.71. The van der Waals surface area contributed by atoms with Crippen molar-refractivity contribution in [1.29, 1.82) is 0 Å². The lowest BCUT2D eigenvalue weighted by Gasteiger charge is -2.33. The van der Waals surface area contributed by atoms with Gasteiger partial charge < -0.3 is 15.2 Å². The molecule has 5 heteroatoms. The zero-order valence-corrected chi connectivity index (χ0v) is 14.5. The van der Waals surface area contributed by atoms with E-state index in [0.717, 1.165) is 37.1 Å². The second kappa shape index (κ2) is 8.32. The second-order valence-corrected chi connectivity index (χ2v) is 6.51. The van der Waals surface area contributed by atoms with Crippen molar-refractivity contribution in [3.05, 3.63) is 59.4 Å². The zero-order valence-electron chi connectivity index (χ0n) is 14.5. The highest BCUT2D eigenvalue weighted by molar-refractivity contribution is 5.45. The van der Waals surface area contributed by atoms with Crippen molar-refractivity contribution >= 4 is 0 Å². The highest BCUT2D eigenvalue weighted by Gasteiger charge is 2.21. The maximum atomic E-state index is 13.8. The van der Waals surface area contributed by atoms with Gasteiger partial charge in [-0.3, -0.25) is 4.90 Å². The topological polar surface area (TPSA) is 44.7 Å². The minimum atomic E-state index is -0.140. The summed E-state index contributed by atoms with van der Waals surface area (Å²) in [6, 6.07) is 12.8. The van der Waals surface area contributed by atoms with Crippen molar-refractivity contribution in [3.8, 4) is 11.5 Å². The first-order chi connectivity index (χ1) is 12.2. The van der Waals surface area contributed by atoms with Gasteiger partial charge in [-0.1, -0.05) is 30.3 Å². The fourth-order valence-corrected chi connectivity index (χ4v) is 3.36. The SMILES string of the molecule is COc1cccc(CN[C@@H]2CCCN(Cc3ccccc3F)C2)c1O. The van der Waals surface area contributed by atoms with Gasteiger partial charge in [0.25, 0.3) is 0 Å². The maximum Gasteiger partial charge on any atom is 0.162 e. The molecule has 0 amide bonds. The highest BCUT2D eigenvalue weighted by Crippen LogP contribution is 2.29. The molecule has 1 saturated heterocycles. The molecule has 2 aromatic carbocycles. The molecule has 2 aromatic rings. The molecule has 4 nitrogen and oxygen atoms in total. The molecule has 1 heterocycles. The molecule has 134 valence electrons. The average molecular weight is 344 g/mol. The van der Waals surface area contributed by atoms with Crippen molar-refractivity contribution in [2.45, 2.75) is 32.0 Å². The van der Waals surface area contributed by atoms with E-state index in [1.165, 1.54) is 6.07 Å². The van der Waals surface area contributed by atoms with E-state index in [4.69, 9.17) is 4.74 Å². The van der Waals surface area contributed by atoms with Crippen molar-refractivity contribution in [2.75, 3.05) is 20.2 Å². The number of nitrogens with zero attached hydrogens (tertiary/aromatic N) is 1. The number of hydrogen-bond acceptors (Lipinski definition) is 4. The molecule has 0 spiro atoms. The number of para-hydroxylation sites is 1. The molecule has 0 aromatic heterocycles. The van der Waals surface area contributed by atoms with Gasteiger partial charge in [-0.15, -0.1) is 0 Å². The number of hydrogen-bond donors (Lipinski definition) is 2. The Hall–Kier alpha value is -2.11. The molecule has 2 N–H and O–H groups in total. The molecule has 1 fully saturated rings. The standard InChI is InChI=1S/C20H25FN2O2/c1-25-19-10-4-7-15(20(19)24)12-22-17-8-5-11-23(14-17)13-16-6-2-3-9-18(16)21/h2-4,6-7,9-10,17,22,24H,5,8,11-14H2,1H3/t17-/m1/s1. The van der Waals surface area contributed by atoms with E-state index in [1.807, 2.05) is 24.3 Å². The lowest BCUT2D eigenvalue weighted by molar-refractivity contribution is 0.180. The van der Waals surface area contributed by atoms with E-state index >= 15 is 0 Å². The van der Waals surface area contributed by atoms with Gasteiger partial charge in [-0.2, -0.15) is 0 Å². The second-order valence-electron chi connectivity index (χ2n) is 6.51. The van der Waals surface area contributed by atoms with Gasteiger partial charge in [-0.25, -0.2) is 4.39 Å². The van der Waals surface area contributed by atoms with Crippen molar-refractivity contribution in [1.82, 2.24) is 10.2 Å². The molecule has 0 unspecified atom stereocenters. The van der Waals surface area contributed by atoms with Crippen molar-refractivity contribution in [2.24, 2.45) is 0 Å². The molecule has 0 radical (unpaired) electrons. The predicted octanol–water partition coefficient (Wildman–Crippen LogP) is 3.29. The Kier molecular flexibility index (Phi) is 5.89. The van der Waals surface area contributed by atoms with Gasteiger partial charge in [0.1, 0.15) is 5.82 Å². The number of rotatable bonds is 6. The number of piperidine rings is 1. The number of aromatic hydroxyl groups is 1. The number of phenolic OH excluding ortho intramolecular Hbond substituents is 1. The largest absolute Gasteiger partial charge is 0.504 e. The quantitative estimate of drug-likeness (QED) is 0.844. The number of benzene rings is 2. The molecule has 0 bridgehead atoms. The third-order valence-corrected chi connectivity index (χ3v) is 4.74. The highest BCUT2D eigenvalue weighted by atomic mass is 19.1. The first-order valence-electron chi connectivity index (χ1n) is 8.71. The van der Waals surface area contributed by atoms with Gasteiger partial charge in [0.15, 0.2) is 11.5 Å². The summed E-state index contributed by atoms with van der Waals surface area (Å²) >= 11 is 0. The number of nitrogens with one attached hydrogen (secondary N) is 1. The van der Waals surface area contributed by atoms with Crippen molar-refractivity contribution < 1.29 is 14.2 Å². The van der Waals surface area contributed by atoms with Gasteiger partial charge in [0, 0.05) is 36.8 Å². The monoisotopic (exact) mass is 344 g/mol. The van der Waals surface area contributed by atoms with Crippen LogP contribution in [0.3, 0.4) is 0 Å². The van der Waals surface area contributed by atoms with Gasteiger partial charge >= 0.3 is 0 Å². The van der Waals surface area contributed by atoms with Crippen LogP contribution in [0.1, 0.15) is 24.0 Å². The third kappa shape index (κ3) is 4.50. The lowest BCUT2D eigenvalue weighted by atomic mass is 10.0. The smallest absolute Gasteiger partial charge is 0.162 e. The Balaban J connectivity index is 1.56. The van der Waals surface area contributed by atoms with E-state index < -0.39 is 0 Å². The molecule has 25 heavy (non-hydrogen) atoms. The van der Waals surface area contributed by atoms with Crippen LogP contribution in [-0.2, 0) is 13.1 Å². The first kappa shape index (κ1) is 17.7. The summed E-state index contributed by atoms with van der Waals surface area (Å²) in [5.41, 5.74) is 1.57. The van der Waals surface area contributed by atoms with Crippen LogP contribution in [0.25, 0.3) is 0 Å². The Morgan fingerprint density at radius 2 is 2.00 bits per heavy atom. The van der Waals surface area contributed by atoms with E-state index in [-0.39, 0.29) is 11.6 Å². The Bertz CT molecular complexity index is 708. The van der Waals surface area contributed by atoms with Crippen LogP contribution < -0.4 is 10.1 Å². The molecular weight excluding hydrogens is 319 g/mol. The molecule has 3 rings (SSSR count). The molecule has 1 aliphatic heterocycles. The van der Waals surface area contributed by atoms with Crippen LogP contribution in [-0.4, -0.2) is 36.2 Å². The number of ether oxygens (including phenoxy) is 1. The Morgan fingerprint density at radius 3 is 2.80 bits per heavy atom. The summed E-state index contributed by atoms with van der Waals surface area (Å²) in [5.74, 6) is 0.541. The van der Waals surface area contributed by atoms with Crippen molar-refractivity contribution in [3.63, 3.8) is 0 Å². The molecule has 0 aliphatic carbocycles. The maximum absolute atomic E-state index is 13.8. The van der Waals surface area contributed by atoms with E-state index in [9.17, 15) is 9.50 Å². The van der Waals surface area contributed by atoms with Crippen LogP contribution in [0.2, 0.25) is 0 Å². The number of likely N-dealkylation sites (tertiary alicyclic amines) is 1. The molecule has 1 atom stereocenters. The average Bonchev–Trinajstić information content (AvgIpc) is 2.63. The summed E-state index contributed by atoms with van der Waals surface area (Å²) in [5, 5.41) is 13.7. The number of phenols is 1. The van der Waals surface area contributed by atoms with E-state index in [0.29, 0.717) is 24.9 Å². The number of methoxy groups -OCH3 is 1. The lowest BCUT2D eigenvalue weighted by Crippen LogP contribution is -2.45. The minimum Gasteiger partial charge on any atom is -0.504 e. The van der Waals surface area contributed by atoms with Crippen LogP contribution in [0.15, 0.2) is 42.5 Å². The molecule has 0 saturated carbocycles. The van der Waals surface area contributed by atoms with E-state index in [1.54, 1.807) is 19.2 Å². The van der Waals surface area contributed by atoms with Crippen LogP contribution in [0.5, 0.6) is 11.5 Å². The summed E-state index contributed by atoms with van der Waals surface area (Å²) in [6.07, 6.45) is 2.16. The fraction of sp³-hybridized carbons (Fsp3) is 0.400. The zero-order chi connectivity index (χ0) is 17.6. The van der Waals surface area contributed by atoms with Gasteiger partial charge in [0.05, 0.1) is 7.11 Å². The minimum absolute atomic E-state index is 0.140. The van der Waals surface area contributed by atoms with E-state index in [2.05, 4.69) is 10.2 Å². The molecule has 1 aliphatic rings. The van der Waals surface area contributed by atoms with Crippen LogP contribution in [0, 0.1) is 5.82 Å². The van der Waals surface area contributed by atoms with Gasteiger partial charge in [0.2, 0.25) is 0 Å². The fourth-order valence-electron chi connectivity index (χ4n) is 3.36. The summed E-state index contributed by atoms with van der Waals surface area (Å²) in [4.78, 5) is 2.28.